The predicted molar refractivity (Wildman–Crippen MR) is 96.5 cm³/mol. The molecule has 1 amide bonds. The molecule has 0 saturated carbocycles. The van der Waals surface area contributed by atoms with Crippen molar-refractivity contribution in [2.45, 2.75) is 25.6 Å². The summed E-state index contributed by atoms with van der Waals surface area (Å²) in [5.74, 6) is 4.58. The van der Waals surface area contributed by atoms with Gasteiger partial charge in [0.05, 0.1) is 30.2 Å². The number of nitrogens with two attached hydrogens (primary N) is 1. The Bertz CT molecular complexity index is 929. The van der Waals surface area contributed by atoms with Gasteiger partial charge in [-0.1, -0.05) is 6.07 Å². The molecular formula is C18H18F4N6O. The fourth-order valence-electron chi connectivity index (χ4n) is 2.99. The molecular weight excluding hydrogens is 392 g/mol. The van der Waals surface area contributed by atoms with E-state index in [-0.39, 0.29) is 24.1 Å². The van der Waals surface area contributed by atoms with Crippen molar-refractivity contribution in [1.29, 1.82) is 0 Å². The topological polar surface area (TPSA) is 96.2 Å². The van der Waals surface area contributed by atoms with Crippen LogP contribution in [0, 0.1) is 5.82 Å². The van der Waals surface area contributed by atoms with Crippen LogP contribution in [0.4, 0.5) is 23.5 Å². The second kappa shape index (κ2) is 8.03. The molecule has 1 aromatic carbocycles. The minimum absolute atomic E-state index is 0.0380. The maximum atomic E-state index is 13.0. The van der Waals surface area contributed by atoms with Gasteiger partial charge >= 0.3 is 6.18 Å². The van der Waals surface area contributed by atoms with Crippen molar-refractivity contribution in [3.05, 3.63) is 65.0 Å². The van der Waals surface area contributed by atoms with Crippen molar-refractivity contribution in [2.24, 2.45) is 5.84 Å². The number of anilines is 1. The number of nitrogens with one attached hydrogen (secondary N) is 2. The fourth-order valence-corrected chi connectivity index (χ4v) is 2.99. The molecule has 0 fully saturated rings. The molecule has 1 atom stereocenters. The minimum atomic E-state index is -4.54. The first-order valence-corrected chi connectivity index (χ1v) is 8.60. The lowest BCUT2D eigenvalue weighted by Crippen LogP contribution is -2.47. The quantitative estimate of drug-likeness (QED) is 0.408. The van der Waals surface area contributed by atoms with Gasteiger partial charge in [-0.05, 0) is 25.1 Å². The fraction of sp³-hybridized carbons (Fsp3) is 0.278. The lowest BCUT2D eigenvalue weighted by atomic mass is 10.0. The first-order valence-electron chi connectivity index (χ1n) is 8.60. The molecule has 1 aliphatic rings. The zero-order valence-electron chi connectivity index (χ0n) is 15.3. The largest absolute Gasteiger partial charge is 0.416 e. The number of alkyl halides is 3. The van der Waals surface area contributed by atoms with Gasteiger partial charge in [0.1, 0.15) is 0 Å². The molecule has 11 heteroatoms. The van der Waals surface area contributed by atoms with Crippen molar-refractivity contribution < 1.29 is 22.4 Å². The highest BCUT2D eigenvalue weighted by molar-refractivity contribution is 5.95. The van der Waals surface area contributed by atoms with E-state index in [4.69, 9.17) is 5.84 Å². The highest BCUT2D eigenvalue weighted by Crippen LogP contribution is 2.30. The van der Waals surface area contributed by atoms with Crippen LogP contribution in [0.15, 0.2) is 48.1 Å². The first kappa shape index (κ1) is 20.5. The van der Waals surface area contributed by atoms with E-state index < -0.39 is 23.5 Å². The van der Waals surface area contributed by atoms with E-state index in [2.05, 4.69) is 20.7 Å². The Labute approximate surface area is 163 Å². The molecule has 4 N–H and O–H groups in total. The van der Waals surface area contributed by atoms with Gasteiger partial charge in [-0.25, -0.2) is 14.4 Å². The second-order valence-electron chi connectivity index (χ2n) is 6.52. The maximum Gasteiger partial charge on any atom is 0.416 e. The van der Waals surface area contributed by atoms with Gasteiger partial charge in [0, 0.05) is 23.7 Å². The third-order valence-corrected chi connectivity index (χ3v) is 4.48. The van der Waals surface area contributed by atoms with E-state index in [9.17, 15) is 22.4 Å². The SMILES string of the molecule is C[C@H]1CC(Nc2ncc(F)cn2)=C(NN)CN1C(=O)c1cccc(C(F)(F)F)c1. The summed E-state index contributed by atoms with van der Waals surface area (Å²) in [6, 6.07) is 3.92. The van der Waals surface area contributed by atoms with Gasteiger partial charge in [-0.2, -0.15) is 13.2 Å². The van der Waals surface area contributed by atoms with Gasteiger partial charge < -0.3 is 15.6 Å². The van der Waals surface area contributed by atoms with Crippen LogP contribution in [-0.2, 0) is 6.18 Å². The highest BCUT2D eigenvalue weighted by atomic mass is 19.4. The molecule has 7 nitrogen and oxygen atoms in total. The van der Waals surface area contributed by atoms with Crippen LogP contribution in [0.5, 0.6) is 0 Å². The number of hydrazine groups is 1. The van der Waals surface area contributed by atoms with E-state index in [1.165, 1.54) is 17.0 Å². The van der Waals surface area contributed by atoms with E-state index in [0.29, 0.717) is 17.8 Å². The van der Waals surface area contributed by atoms with Crippen molar-refractivity contribution in [2.75, 3.05) is 11.9 Å². The lowest BCUT2D eigenvalue weighted by Gasteiger charge is -2.36. The standard InChI is InChI=1S/C18H18F4N6O/c1-10-5-14(26-17-24-7-13(19)8-25-17)15(27-23)9-28(10)16(29)11-3-2-4-12(6-11)18(20,21)22/h2-4,6-8,10,27H,5,9,23H2,1H3,(H,24,25,26)/t10-/m0/s1. The number of rotatable bonds is 4. The Morgan fingerprint density at radius 1 is 1.24 bits per heavy atom. The van der Waals surface area contributed by atoms with Crippen LogP contribution in [-0.4, -0.2) is 33.4 Å². The molecule has 29 heavy (non-hydrogen) atoms. The average Bonchev–Trinajstić information content (AvgIpc) is 2.69. The number of nitrogens with zero attached hydrogens (tertiary/aromatic N) is 3. The smallest absolute Gasteiger partial charge is 0.330 e. The van der Waals surface area contributed by atoms with Crippen LogP contribution in [0.3, 0.4) is 0 Å². The number of hydrogen-bond donors (Lipinski definition) is 3. The zero-order valence-corrected chi connectivity index (χ0v) is 15.3. The summed E-state index contributed by atoms with van der Waals surface area (Å²) in [5, 5.41) is 2.93. The van der Waals surface area contributed by atoms with Crippen LogP contribution < -0.4 is 16.6 Å². The van der Waals surface area contributed by atoms with Gasteiger partial charge in [-0.15, -0.1) is 0 Å². The van der Waals surface area contributed by atoms with E-state index >= 15 is 0 Å². The molecule has 0 unspecified atom stereocenters. The Morgan fingerprint density at radius 3 is 2.55 bits per heavy atom. The third kappa shape index (κ3) is 4.62. The summed E-state index contributed by atoms with van der Waals surface area (Å²) in [7, 11) is 0. The first-order chi connectivity index (χ1) is 13.7. The number of amides is 1. The van der Waals surface area contributed by atoms with Gasteiger partial charge in [-0.3, -0.25) is 10.6 Å². The molecule has 1 aliphatic heterocycles. The van der Waals surface area contributed by atoms with Crippen molar-refractivity contribution in [3.63, 3.8) is 0 Å². The average molecular weight is 410 g/mol. The Kier molecular flexibility index (Phi) is 5.69. The number of carbonyl (C=O) groups excluding carboxylic acids is 1. The molecule has 0 spiro atoms. The van der Waals surface area contributed by atoms with Crippen LogP contribution >= 0.6 is 0 Å². The normalized spacial score (nSPS) is 17.3. The molecule has 154 valence electrons. The predicted octanol–water partition coefficient (Wildman–Crippen LogP) is 2.66. The lowest BCUT2D eigenvalue weighted by molar-refractivity contribution is -0.137. The summed E-state index contributed by atoms with van der Waals surface area (Å²) in [6.07, 6.45) is -2.23. The Hall–Kier alpha value is -3.21. The monoisotopic (exact) mass is 410 g/mol. The van der Waals surface area contributed by atoms with Crippen LogP contribution in [0.2, 0.25) is 0 Å². The molecule has 3 rings (SSSR count). The van der Waals surface area contributed by atoms with Crippen molar-refractivity contribution in [1.82, 2.24) is 20.3 Å². The van der Waals surface area contributed by atoms with Crippen LogP contribution in [0.25, 0.3) is 0 Å². The van der Waals surface area contributed by atoms with E-state index in [1.54, 1.807) is 6.92 Å². The third-order valence-electron chi connectivity index (χ3n) is 4.48. The summed E-state index contributed by atoms with van der Waals surface area (Å²) < 4.78 is 51.8. The molecule has 2 aromatic rings. The van der Waals surface area contributed by atoms with Crippen LogP contribution in [0.1, 0.15) is 29.3 Å². The Morgan fingerprint density at radius 2 is 1.93 bits per heavy atom. The van der Waals surface area contributed by atoms with E-state index in [1.807, 2.05) is 0 Å². The summed E-state index contributed by atoms with van der Waals surface area (Å²) >= 11 is 0. The number of hydrogen-bond acceptors (Lipinski definition) is 6. The molecule has 1 aromatic heterocycles. The minimum Gasteiger partial charge on any atom is -0.330 e. The maximum absolute atomic E-state index is 13.0. The number of halogens is 4. The molecule has 0 radical (unpaired) electrons. The summed E-state index contributed by atoms with van der Waals surface area (Å²) in [4.78, 5) is 21.9. The molecule has 0 aliphatic carbocycles. The Balaban J connectivity index is 1.83. The molecule has 0 saturated heterocycles. The summed E-state index contributed by atoms with van der Waals surface area (Å²) in [6.45, 7) is 1.79. The molecule has 0 bridgehead atoms. The van der Waals surface area contributed by atoms with Crippen molar-refractivity contribution >= 4 is 11.9 Å². The number of benzene rings is 1. The second-order valence-corrected chi connectivity index (χ2v) is 6.52. The number of aromatic nitrogens is 2. The zero-order chi connectivity index (χ0) is 21.2. The van der Waals surface area contributed by atoms with E-state index in [0.717, 1.165) is 24.5 Å². The van der Waals surface area contributed by atoms with Gasteiger partial charge in [0.2, 0.25) is 5.95 Å². The number of carbonyl (C=O) groups is 1. The van der Waals surface area contributed by atoms with Gasteiger partial charge in [0.15, 0.2) is 5.82 Å². The highest BCUT2D eigenvalue weighted by Gasteiger charge is 2.33. The summed E-state index contributed by atoms with van der Waals surface area (Å²) in [5.41, 5.74) is 2.57. The van der Waals surface area contributed by atoms with Gasteiger partial charge in [0.25, 0.3) is 5.91 Å². The molecule has 2 heterocycles. The van der Waals surface area contributed by atoms with Crippen molar-refractivity contribution in [3.8, 4) is 0 Å².